The van der Waals surface area contributed by atoms with E-state index in [-0.39, 0.29) is 5.56 Å². The minimum Gasteiger partial charge on any atom is -0.466 e. The van der Waals surface area contributed by atoms with Crippen LogP contribution in [0.25, 0.3) is 17.4 Å². The lowest BCUT2D eigenvalue weighted by Crippen LogP contribution is -2.39. The number of methoxy groups -OCH3 is 1. The van der Waals surface area contributed by atoms with Crippen LogP contribution in [0.2, 0.25) is 5.02 Å². The van der Waals surface area contributed by atoms with Crippen molar-refractivity contribution >= 4 is 35.0 Å². The molecule has 8 heteroatoms. The minimum atomic E-state index is -0.651. The predicted octanol–water partition coefficient (Wildman–Crippen LogP) is 5.45. The van der Waals surface area contributed by atoms with Crippen molar-refractivity contribution in [2.24, 2.45) is 4.99 Å². The molecular weight excluding hydrogens is 508 g/mol. The van der Waals surface area contributed by atoms with Gasteiger partial charge in [0.2, 0.25) is 0 Å². The SMILES string of the molecule is COC(=O)C1=C(C)N=c2s/c(=C\c3ccc(-c4ccccc4Cl)o3)c(=O)n2[C@@H]1c1ccc(C(C)C)cc1. The number of hydrogen-bond donors (Lipinski definition) is 0. The summed E-state index contributed by atoms with van der Waals surface area (Å²) in [5.74, 6) is 0.972. The van der Waals surface area contributed by atoms with Gasteiger partial charge in [0, 0.05) is 11.6 Å². The van der Waals surface area contributed by atoms with Gasteiger partial charge in [-0.2, -0.15) is 0 Å². The highest BCUT2D eigenvalue weighted by atomic mass is 35.5. The highest BCUT2D eigenvalue weighted by molar-refractivity contribution is 7.07. The van der Waals surface area contributed by atoms with Crippen LogP contribution in [-0.4, -0.2) is 17.6 Å². The normalized spacial score (nSPS) is 15.6. The van der Waals surface area contributed by atoms with E-state index in [1.807, 2.05) is 48.5 Å². The Morgan fingerprint density at radius 1 is 1.14 bits per heavy atom. The molecule has 0 fully saturated rings. The van der Waals surface area contributed by atoms with Crippen LogP contribution in [-0.2, 0) is 9.53 Å². The summed E-state index contributed by atoms with van der Waals surface area (Å²) >= 11 is 7.56. The molecule has 0 saturated carbocycles. The molecule has 0 aliphatic carbocycles. The van der Waals surface area contributed by atoms with Gasteiger partial charge in [0.1, 0.15) is 11.5 Å². The van der Waals surface area contributed by atoms with Gasteiger partial charge in [0.25, 0.3) is 5.56 Å². The van der Waals surface area contributed by atoms with Crippen molar-refractivity contribution in [2.75, 3.05) is 7.11 Å². The topological polar surface area (TPSA) is 73.8 Å². The van der Waals surface area contributed by atoms with Gasteiger partial charge in [-0.15, -0.1) is 0 Å². The van der Waals surface area contributed by atoms with Gasteiger partial charge >= 0.3 is 5.97 Å². The van der Waals surface area contributed by atoms with Crippen molar-refractivity contribution in [1.29, 1.82) is 0 Å². The van der Waals surface area contributed by atoms with Crippen LogP contribution in [0.3, 0.4) is 0 Å². The number of hydrogen-bond acceptors (Lipinski definition) is 6. The van der Waals surface area contributed by atoms with Crippen LogP contribution < -0.4 is 14.9 Å². The lowest BCUT2D eigenvalue weighted by molar-refractivity contribution is -0.136. The number of furan rings is 1. The van der Waals surface area contributed by atoms with E-state index >= 15 is 0 Å². The summed E-state index contributed by atoms with van der Waals surface area (Å²) in [7, 11) is 1.33. The average Bonchev–Trinajstić information content (AvgIpc) is 3.47. The second-order valence-electron chi connectivity index (χ2n) is 9.08. The molecule has 37 heavy (non-hydrogen) atoms. The van der Waals surface area contributed by atoms with E-state index in [1.165, 1.54) is 24.0 Å². The number of fused-ring (bicyclic) bond motifs is 1. The average molecular weight is 533 g/mol. The maximum Gasteiger partial charge on any atom is 0.338 e. The van der Waals surface area contributed by atoms with Gasteiger partial charge in [-0.1, -0.05) is 73.2 Å². The number of esters is 1. The largest absolute Gasteiger partial charge is 0.466 e. The molecule has 0 amide bonds. The summed E-state index contributed by atoms with van der Waals surface area (Å²) in [6.45, 7) is 6.00. The first-order chi connectivity index (χ1) is 17.8. The highest BCUT2D eigenvalue weighted by Gasteiger charge is 2.33. The second kappa shape index (κ2) is 10.00. The molecule has 0 unspecified atom stereocenters. The van der Waals surface area contributed by atoms with Crippen molar-refractivity contribution in [2.45, 2.75) is 32.7 Å². The Morgan fingerprint density at radius 2 is 1.86 bits per heavy atom. The molecule has 0 spiro atoms. The van der Waals surface area contributed by atoms with Crippen molar-refractivity contribution in [3.63, 3.8) is 0 Å². The molecule has 0 saturated heterocycles. The summed E-state index contributed by atoms with van der Waals surface area (Å²) in [5, 5.41) is 0.581. The molecule has 1 atom stereocenters. The molecule has 2 aromatic carbocycles. The summed E-state index contributed by atoms with van der Waals surface area (Å²) in [4.78, 5) is 31.7. The number of ether oxygens (including phenoxy) is 1. The van der Waals surface area contributed by atoms with Gasteiger partial charge in [-0.25, -0.2) is 9.79 Å². The fourth-order valence-electron chi connectivity index (χ4n) is 4.44. The molecule has 2 aromatic heterocycles. The van der Waals surface area contributed by atoms with E-state index < -0.39 is 12.0 Å². The number of carbonyl (C=O) groups excluding carboxylic acids is 1. The summed E-state index contributed by atoms with van der Waals surface area (Å²) in [6.07, 6.45) is 1.69. The van der Waals surface area contributed by atoms with Gasteiger partial charge in [0.15, 0.2) is 4.80 Å². The molecule has 1 aliphatic heterocycles. The van der Waals surface area contributed by atoms with Crippen LogP contribution >= 0.6 is 22.9 Å². The first-order valence-corrected chi connectivity index (χ1v) is 13.0. The summed E-state index contributed by atoms with van der Waals surface area (Å²) in [6, 6.07) is 18.4. The van der Waals surface area contributed by atoms with Crippen LogP contribution in [0, 0.1) is 0 Å². The Kier molecular flexibility index (Phi) is 6.75. The third-order valence-corrected chi connectivity index (χ3v) is 7.70. The summed E-state index contributed by atoms with van der Waals surface area (Å²) in [5.41, 5.74) is 3.36. The van der Waals surface area contributed by atoms with Crippen LogP contribution in [0.4, 0.5) is 0 Å². The Morgan fingerprint density at radius 3 is 2.54 bits per heavy atom. The molecule has 1 aliphatic rings. The quantitative estimate of drug-likeness (QED) is 0.321. The monoisotopic (exact) mass is 532 g/mol. The first-order valence-electron chi connectivity index (χ1n) is 11.8. The Bertz CT molecular complexity index is 1710. The number of nitrogens with zero attached hydrogens (tertiary/aromatic N) is 2. The standard InChI is InChI=1S/C29H25ClN2O4S/c1-16(2)18-9-11-19(12-10-18)26-25(28(34)35-4)17(3)31-29-32(26)27(33)24(37-29)15-20-13-14-23(36-20)21-7-5-6-8-22(21)30/h5-16,26H,1-4H3/b24-15-/t26-/m1/s1. The van der Waals surface area contributed by atoms with E-state index in [2.05, 4.69) is 18.8 Å². The lowest BCUT2D eigenvalue weighted by atomic mass is 9.93. The molecule has 0 radical (unpaired) electrons. The Labute approximate surface area is 222 Å². The maximum atomic E-state index is 13.7. The van der Waals surface area contributed by atoms with E-state index in [0.717, 1.165) is 11.1 Å². The lowest BCUT2D eigenvalue weighted by Gasteiger charge is -2.24. The molecule has 0 N–H and O–H groups in total. The molecular formula is C29H25ClN2O4S. The molecule has 0 bridgehead atoms. The van der Waals surface area contributed by atoms with Gasteiger partial charge in [-0.3, -0.25) is 9.36 Å². The maximum absolute atomic E-state index is 13.7. The molecule has 6 nitrogen and oxygen atoms in total. The van der Waals surface area contributed by atoms with E-state index in [1.54, 1.807) is 29.7 Å². The molecule has 5 rings (SSSR count). The third-order valence-electron chi connectivity index (χ3n) is 6.39. The van der Waals surface area contributed by atoms with Crippen molar-refractivity contribution in [3.8, 4) is 11.3 Å². The fraction of sp³-hybridized carbons (Fsp3) is 0.207. The highest BCUT2D eigenvalue weighted by Crippen LogP contribution is 2.32. The fourth-order valence-corrected chi connectivity index (χ4v) is 5.69. The zero-order chi connectivity index (χ0) is 26.3. The smallest absolute Gasteiger partial charge is 0.338 e. The zero-order valence-corrected chi connectivity index (χ0v) is 22.4. The third kappa shape index (κ3) is 4.61. The van der Waals surface area contributed by atoms with Crippen LogP contribution in [0.5, 0.6) is 0 Å². The Balaban J connectivity index is 1.64. The number of carbonyl (C=O) groups is 1. The van der Waals surface area contributed by atoms with Crippen molar-refractivity contribution in [1.82, 2.24) is 4.57 Å². The minimum absolute atomic E-state index is 0.258. The van der Waals surface area contributed by atoms with Crippen LogP contribution in [0.15, 0.2) is 86.1 Å². The number of benzene rings is 2. The van der Waals surface area contributed by atoms with Crippen LogP contribution in [0.1, 0.15) is 49.6 Å². The number of rotatable bonds is 5. The van der Waals surface area contributed by atoms with E-state index in [4.69, 9.17) is 20.8 Å². The number of thiazole rings is 1. The molecule has 4 aromatic rings. The van der Waals surface area contributed by atoms with Gasteiger partial charge in [-0.05, 0) is 48.2 Å². The van der Waals surface area contributed by atoms with E-state index in [0.29, 0.717) is 43.1 Å². The summed E-state index contributed by atoms with van der Waals surface area (Å²) < 4.78 is 13.1. The zero-order valence-electron chi connectivity index (χ0n) is 20.8. The van der Waals surface area contributed by atoms with Crippen molar-refractivity contribution < 1.29 is 13.9 Å². The van der Waals surface area contributed by atoms with Crippen molar-refractivity contribution in [3.05, 3.63) is 114 Å². The number of allylic oxidation sites excluding steroid dienone is 1. The van der Waals surface area contributed by atoms with Gasteiger partial charge < -0.3 is 9.15 Å². The van der Waals surface area contributed by atoms with E-state index in [9.17, 15) is 9.59 Å². The molecule has 188 valence electrons. The molecule has 3 heterocycles. The number of aromatic nitrogens is 1. The van der Waals surface area contributed by atoms with Gasteiger partial charge in [0.05, 0.1) is 34.0 Å². The first kappa shape index (κ1) is 25.0. The number of halogens is 1. The second-order valence-corrected chi connectivity index (χ2v) is 10.5. The Hall–Kier alpha value is -3.68. The predicted molar refractivity (Wildman–Crippen MR) is 145 cm³/mol.